The summed E-state index contributed by atoms with van der Waals surface area (Å²) < 4.78 is 22.6. The van der Waals surface area contributed by atoms with Gasteiger partial charge in [0, 0.05) is 6.26 Å². The number of rotatable bonds is 0. The van der Waals surface area contributed by atoms with Gasteiger partial charge in [-0.05, 0) is 21.4 Å². The number of hydrogen-bond acceptors (Lipinski definition) is 1. The monoisotopic (exact) mass is 201 g/mol. The summed E-state index contributed by atoms with van der Waals surface area (Å²) in [6.07, 6.45) is 0.846. The van der Waals surface area contributed by atoms with Crippen molar-refractivity contribution >= 4 is 37.4 Å². The molecule has 0 bridgehead atoms. The Bertz CT molecular complexity index is 189. The van der Waals surface area contributed by atoms with Gasteiger partial charge in [0.2, 0.25) is 0 Å². The topological polar surface area (TPSA) is 43.1 Å². The van der Waals surface area contributed by atoms with E-state index in [1.807, 2.05) is 0 Å². The smallest absolute Gasteiger partial charge is 0.0715 e. The molecule has 7 heteroatoms. The average Bonchev–Trinajstić information content (AvgIpc) is 1.27. The summed E-state index contributed by atoms with van der Waals surface area (Å²) in [6, 6.07) is 0. The molecule has 0 rings (SSSR count). The molecule has 0 aliphatic rings. The highest BCUT2D eigenvalue weighted by molar-refractivity contribution is 8.77. The molecule has 0 saturated carbocycles. The minimum Gasteiger partial charge on any atom is -0.255 e. The average molecular weight is 202 g/mol. The first kappa shape index (κ1) is 8.97. The lowest BCUT2D eigenvalue weighted by molar-refractivity contribution is 0.693. The van der Waals surface area contributed by atoms with E-state index in [2.05, 4.69) is 5.14 Å². The zero-order valence-electron chi connectivity index (χ0n) is 3.97. The van der Waals surface area contributed by atoms with E-state index in [0.29, 0.717) is 0 Å². The minimum absolute atomic E-state index is 0.846. The number of hydrogen-bond donors (Lipinski definition) is 2. The molecule has 8 heavy (non-hydrogen) atoms. The van der Waals surface area contributed by atoms with E-state index < -0.39 is 16.1 Å². The van der Waals surface area contributed by atoms with Gasteiger partial charge in [0.25, 0.3) is 0 Å². The molecule has 0 saturated heterocycles. The van der Waals surface area contributed by atoms with E-state index in [1.165, 1.54) is 0 Å². The lowest BCUT2D eigenvalue weighted by atomic mass is 12.0. The molecule has 0 aromatic carbocycles. The van der Waals surface area contributed by atoms with E-state index in [9.17, 15) is 8.09 Å². The highest BCUT2D eigenvalue weighted by Gasteiger charge is 2.19. The van der Waals surface area contributed by atoms with Crippen molar-refractivity contribution < 1.29 is 8.09 Å². The zero-order valence-corrected chi connectivity index (χ0v) is 7.20. The molecule has 0 spiro atoms. The van der Waals surface area contributed by atoms with Crippen molar-refractivity contribution in [2.45, 2.75) is 0 Å². The van der Waals surface area contributed by atoms with Gasteiger partial charge in [-0.1, -0.05) is 0 Å². The predicted octanol–water partition coefficient (Wildman–Crippen LogP) is 0.768. The summed E-state index contributed by atoms with van der Waals surface area (Å²) in [7, 11) is 7.24. The third-order valence-corrected chi connectivity index (χ3v) is 5.90. The summed E-state index contributed by atoms with van der Waals surface area (Å²) in [4.78, 5) is 0. The van der Waals surface area contributed by atoms with Crippen LogP contribution in [0.1, 0.15) is 0 Å². The largest absolute Gasteiger partial charge is 0.255 e. The summed E-state index contributed by atoms with van der Waals surface area (Å²) >= 11 is 0. The quantitative estimate of drug-likeness (QED) is 0.442. The second kappa shape index (κ2) is 1.98. The Kier molecular flexibility index (Phi) is 2.22. The van der Waals surface area contributed by atoms with E-state index in [-0.39, 0.29) is 0 Å². The van der Waals surface area contributed by atoms with Crippen LogP contribution in [0.25, 0.3) is 0 Å². The molecule has 0 heterocycles. The van der Waals surface area contributed by atoms with Gasteiger partial charge >= 0.3 is 0 Å². The van der Waals surface area contributed by atoms with Crippen molar-refractivity contribution in [1.29, 1.82) is 0 Å². The molecule has 0 aromatic heterocycles. The first-order chi connectivity index (χ1) is 3.20. The van der Waals surface area contributed by atoms with Gasteiger partial charge in [-0.2, -0.15) is 3.89 Å². The van der Waals surface area contributed by atoms with Gasteiger partial charge in [-0.15, -0.1) is 0 Å². The summed E-state index contributed by atoms with van der Waals surface area (Å²) in [5.74, 6) is 0. The van der Waals surface area contributed by atoms with Gasteiger partial charge < -0.3 is 0 Å². The van der Waals surface area contributed by atoms with Gasteiger partial charge in [0.05, 0.1) is 16.1 Å². The summed E-state index contributed by atoms with van der Waals surface area (Å²) in [5, 5.41) is 4.62. The molecule has 2 nitrogen and oxygen atoms in total. The molecule has 54 valence electrons. The lowest BCUT2D eigenvalue weighted by Crippen LogP contribution is -2.14. The molecule has 0 amide bonds. The van der Waals surface area contributed by atoms with Crippen LogP contribution in [0.3, 0.4) is 0 Å². The fraction of sp³-hybridized carbons (Fsp3) is 1.00. The third kappa shape index (κ3) is 3.09. The maximum atomic E-state index is 12.4. The maximum absolute atomic E-state index is 12.4. The molecule has 2 N–H and O–H groups in total. The molecule has 0 aliphatic heterocycles. The van der Waals surface area contributed by atoms with Gasteiger partial charge in [0.15, 0.2) is 0 Å². The van der Waals surface area contributed by atoms with Crippen LogP contribution in [0.15, 0.2) is 0 Å². The standard InChI is InChI=1S/CH6Cl2FNOS2/c1-8(2,3,4)7(5)6/h7H,1H3,(H2,5,6). The van der Waals surface area contributed by atoms with Crippen molar-refractivity contribution in [3.63, 3.8) is 0 Å². The molecule has 0 radical (unpaired) electrons. The fourth-order valence-electron chi connectivity index (χ4n) is 0. The van der Waals surface area contributed by atoms with E-state index in [4.69, 9.17) is 21.4 Å². The maximum Gasteiger partial charge on any atom is 0.0715 e. The van der Waals surface area contributed by atoms with Crippen molar-refractivity contribution in [2.24, 2.45) is 5.14 Å². The first-order valence-electron chi connectivity index (χ1n) is 1.49. The molecular weight excluding hydrogens is 196 g/mol. The zero-order chi connectivity index (χ0) is 7.02. The molecule has 0 aliphatic carbocycles. The molecule has 1 atom stereocenters. The van der Waals surface area contributed by atoms with Crippen LogP contribution in [0, 0.1) is 0 Å². The van der Waals surface area contributed by atoms with Crippen molar-refractivity contribution in [3.05, 3.63) is 0 Å². The van der Waals surface area contributed by atoms with Crippen LogP contribution in [-0.2, 0) is 16.1 Å². The lowest BCUT2D eigenvalue weighted by Gasteiger charge is -2.16. The van der Waals surface area contributed by atoms with E-state index in [0.717, 1.165) is 6.26 Å². The summed E-state index contributed by atoms with van der Waals surface area (Å²) in [5.41, 5.74) is 0. The number of halogens is 3. The Morgan fingerprint density at radius 3 is 1.88 bits per heavy atom. The number of nitrogens with two attached hydrogens (primary N) is 1. The predicted molar refractivity (Wildman–Crippen MR) is 39.8 cm³/mol. The minimum atomic E-state index is -4.23. The third-order valence-electron chi connectivity index (χ3n) is 0.384. The Labute approximate surface area is 57.1 Å². The van der Waals surface area contributed by atoms with Gasteiger partial charge in [0.1, 0.15) is 0 Å². The van der Waals surface area contributed by atoms with E-state index in [1.54, 1.807) is 0 Å². The molecule has 1 unspecified atom stereocenters. The van der Waals surface area contributed by atoms with Crippen LogP contribution in [-0.4, -0.2) is 10.5 Å². The second-order valence-electron chi connectivity index (χ2n) is 1.31. The van der Waals surface area contributed by atoms with Crippen molar-refractivity contribution in [2.75, 3.05) is 6.26 Å². The van der Waals surface area contributed by atoms with Gasteiger partial charge in [-0.3, -0.25) is 5.14 Å². The highest BCUT2D eigenvalue weighted by atomic mass is 36.0. The van der Waals surface area contributed by atoms with Crippen LogP contribution in [0.4, 0.5) is 3.89 Å². The first-order valence-corrected chi connectivity index (χ1v) is 7.43. The Morgan fingerprint density at radius 1 is 1.75 bits per heavy atom. The van der Waals surface area contributed by atoms with Crippen molar-refractivity contribution in [3.8, 4) is 0 Å². The highest BCUT2D eigenvalue weighted by Crippen LogP contribution is 2.37. The fourth-order valence-corrected chi connectivity index (χ4v) is 0. The number of thiol groups is 1. The Balaban J connectivity index is 5.28. The SMILES string of the molecule is CS(F)(Cl)(Cl)=[SH](N)=O. The second-order valence-corrected chi connectivity index (χ2v) is 13.8. The Hall–Kier alpha value is 0.970. The molecule has 0 fully saturated rings. The van der Waals surface area contributed by atoms with Gasteiger partial charge in [-0.25, -0.2) is 4.21 Å². The van der Waals surface area contributed by atoms with Crippen LogP contribution >= 0.6 is 21.4 Å². The summed E-state index contributed by atoms with van der Waals surface area (Å²) in [6.45, 7) is -4.23. The van der Waals surface area contributed by atoms with Crippen LogP contribution in [0.5, 0.6) is 0 Å². The van der Waals surface area contributed by atoms with Crippen molar-refractivity contribution in [1.82, 2.24) is 0 Å². The normalized spacial score (nSPS) is 21.4. The van der Waals surface area contributed by atoms with E-state index >= 15 is 0 Å². The van der Waals surface area contributed by atoms with Crippen LogP contribution < -0.4 is 5.14 Å². The molecular formula is CH6Cl2FNOS2. The Morgan fingerprint density at radius 2 is 1.88 bits per heavy atom. The molecule has 0 aromatic rings. The van der Waals surface area contributed by atoms with Crippen LogP contribution in [0.2, 0.25) is 0 Å².